The molecule has 0 heterocycles. The summed E-state index contributed by atoms with van der Waals surface area (Å²) in [6, 6.07) is 0.902. The van der Waals surface area contributed by atoms with E-state index in [9.17, 15) is 18.0 Å². The van der Waals surface area contributed by atoms with Crippen molar-refractivity contribution < 1.29 is 18.0 Å². The molecule has 1 amide bonds. The Morgan fingerprint density at radius 3 is 2.44 bits per heavy atom. The van der Waals surface area contributed by atoms with Crippen LogP contribution in [-0.2, 0) is 4.79 Å². The summed E-state index contributed by atoms with van der Waals surface area (Å²) in [5.41, 5.74) is -1.08. The molecular formula is C10H13F3N2O. The minimum absolute atomic E-state index is 0.439. The Morgan fingerprint density at radius 2 is 2.12 bits per heavy atom. The van der Waals surface area contributed by atoms with Gasteiger partial charge in [0, 0.05) is 6.04 Å². The van der Waals surface area contributed by atoms with E-state index in [4.69, 9.17) is 5.26 Å². The molecule has 1 aliphatic rings. The number of hydrogen-bond acceptors (Lipinski definition) is 2. The number of nitrogens with one attached hydrogen (secondary N) is 1. The first-order chi connectivity index (χ1) is 7.29. The zero-order valence-corrected chi connectivity index (χ0v) is 8.90. The maximum Gasteiger partial charge on any atom is 0.391 e. The van der Waals surface area contributed by atoms with Crippen LogP contribution < -0.4 is 5.32 Å². The van der Waals surface area contributed by atoms with Crippen molar-refractivity contribution in [2.75, 3.05) is 0 Å². The van der Waals surface area contributed by atoms with Gasteiger partial charge in [-0.05, 0) is 26.2 Å². The van der Waals surface area contributed by atoms with Crippen LogP contribution in [0.15, 0.2) is 0 Å². The monoisotopic (exact) mass is 234 g/mol. The third kappa shape index (κ3) is 2.87. The molecule has 1 atom stereocenters. The number of hydrogen-bond donors (Lipinski definition) is 1. The van der Waals surface area contributed by atoms with Gasteiger partial charge in [0.05, 0.1) is 12.5 Å². The first-order valence-electron chi connectivity index (χ1n) is 5.08. The van der Waals surface area contributed by atoms with Crippen molar-refractivity contribution in [3.8, 4) is 6.07 Å². The van der Waals surface area contributed by atoms with E-state index in [-0.39, 0.29) is 0 Å². The van der Waals surface area contributed by atoms with Crippen molar-refractivity contribution in [3.63, 3.8) is 0 Å². The summed E-state index contributed by atoms with van der Waals surface area (Å²) in [5, 5.41) is 11.1. The summed E-state index contributed by atoms with van der Waals surface area (Å²) in [7, 11) is 0. The van der Waals surface area contributed by atoms with Gasteiger partial charge in [-0.1, -0.05) is 0 Å². The Bertz CT molecular complexity index is 315. The predicted molar refractivity (Wildman–Crippen MR) is 50.2 cm³/mol. The first kappa shape index (κ1) is 12.8. The smallest absolute Gasteiger partial charge is 0.352 e. The average Bonchev–Trinajstić information content (AvgIpc) is 1.98. The van der Waals surface area contributed by atoms with E-state index in [1.54, 1.807) is 0 Å². The number of nitriles is 1. The van der Waals surface area contributed by atoms with Gasteiger partial charge in [-0.15, -0.1) is 0 Å². The van der Waals surface area contributed by atoms with E-state index in [1.807, 2.05) is 6.07 Å². The Kier molecular flexibility index (Phi) is 3.46. The number of alkyl halides is 3. The molecule has 0 saturated heterocycles. The van der Waals surface area contributed by atoms with Gasteiger partial charge in [0.2, 0.25) is 5.91 Å². The molecular weight excluding hydrogens is 221 g/mol. The Hall–Kier alpha value is -1.25. The summed E-state index contributed by atoms with van der Waals surface area (Å²) in [6.45, 7) is 1.29. The number of nitrogens with zero attached hydrogens (tertiary/aromatic N) is 1. The summed E-state index contributed by atoms with van der Waals surface area (Å²) in [6.07, 6.45) is -3.72. The van der Waals surface area contributed by atoms with Crippen LogP contribution in [-0.4, -0.2) is 18.1 Å². The Morgan fingerprint density at radius 1 is 1.56 bits per heavy atom. The Balaban J connectivity index is 2.49. The van der Waals surface area contributed by atoms with Crippen LogP contribution in [0.5, 0.6) is 0 Å². The fourth-order valence-corrected chi connectivity index (χ4v) is 1.68. The molecule has 1 unspecified atom stereocenters. The van der Waals surface area contributed by atoms with Crippen molar-refractivity contribution in [3.05, 3.63) is 0 Å². The third-order valence-corrected chi connectivity index (χ3v) is 2.77. The largest absolute Gasteiger partial charge is 0.391 e. The summed E-state index contributed by atoms with van der Waals surface area (Å²) in [4.78, 5) is 11.6. The molecule has 3 nitrogen and oxygen atoms in total. The third-order valence-electron chi connectivity index (χ3n) is 2.77. The van der Waals surface area contributed by atoms with Crippen molar-refractivity contribution in [2.45, 2.75) is 44.8 Å². The topological polar surface area (TPSA) is 52.9 Å². The highest BCUT2D eigenvalue weighted by Crippen LogP contribution is 2.40. The molecule has 0 bridgehead atoms. The normalized spacial score (nSPS) is 20.4. The molecule has 1 rings (SSSR count). The molecule has 6 heteroatoms. The van der Waals surface area contributed by atoms with Crippen LogP contribution in [0.1, 0.15) is 32.6 Å². The highest BCUT2D eigenvalue weighted by atomic mass is 19.4. The second kappa shape index (κ2) is 4.32. The van der Waals surface area contributed by atoms with E-state index in [0.29, 0.717) is 12.8 Å². The molecule has 0 aromatic rings. The lowest BCUT2D eigenvalue weighted by atomic mass is 9.69. The van der Waals surface area contributed by atoms with Crippen molar-refractivity contribution in [1.29, 1.82) is 5.26 Å². The average molecular weight is 234 g/mol. The maximum absolute atomic E-state index is 12.0. The molecule has 0 aromatic heterocycles. The van der Waals surface area contributed by atoms with Crippen LogP contribution in [0, 0.1) is 16.7 Å². The summed E-state index contributed by atoms with van der Waals surface area (Å²) >= 11 is 0. The standard InChI is InChI=1S/C10H13F3N2O/c1-7(5-10(11,12)13)15-8(16)9(6-14)3-2-4-9/h7H,2-5H2,1H3,(H,15,16). The van der Waals surface area contributed by atoms with Gasteiger partial charge < -0.3 is 5.32 Å². The van der Waals surface area contributed by atoms with Crippen molar-refractivity contribution >= 4 is 5.91 Å². The lowest BCUT2D eigenvalue weighted by molar-refractivity contribution is -0.144. The summed E-state index contributed by atoms with van der Waals surface area (Å²) in [5.74, 6) is -0.571. The molecule has 1 N–H and O–H groups in total. The van der Waals surface area contributed by atoms with Crippen molar-refractivity contribution in [1.82, 2.24) is 5.32 Å². The number of rotatable bonds is 3. The lowest BCUT2D eigenvalue weighted by Crippen LogP contribution is -2.48. The number of amides is 1. The van der Waals surface area contributed by atoms with Gasteiger partial charge in [-0.3, -0.25) is 4.79 Å². The van der Waals surface area contributed by atoms with Gasteiger partial charge >= 0.3 is 6.18 Å². The molecule has 0 aliphatic heterocycles. The van der Waals surface area contributed by atoms with Gasteiger partial charge in [-0.2, -0.15) is 18.4 Å². The fraction of sp³-hybridized carbons (Fsp3) is 0.800. The van der Waals surface area contributed by atoms with Crippen LogP contribution in [0.2, 0.25) is 0 Å². The molecule has 0 radical (unpaired) electrons. The summed E-state index contributed by atoms with van der Waals surface area (Å²) < 4.78 is 36.0. The van der Waals surface area contributed by atoms with Crippen LogP contribution in [0.25, 0.3) is 0 Å². The van der Waals surface area contributed by atoms with Gasteiger partial charge in [0.1, 0.15) is 5.41 Å². The fourth-order valence-electron chi connectivity index (χ4n) is 1.68. The van der Waals surface area contributed by atoms with Gasteiger partial charge in [0.25, 0.3) is 0 Å². The van der Waals surface area contributed by atoms with Crippen LogP contribution in [0.3, 0.4) is 0 Å². The van der Waals surface area contributed by atoms with Crippen LogP contribution in [0.4, 0.5) is 13.2 Å². The minimum Gasteiger partial charge on any atom is -0.352 e. The van der Waals surface area contributed by atoms with E-state index in [0.717, 1.165) is 6.42 Å². The van der Waals surface area contributed by atoms with Crippen molar-refractivity contribution in [2.24, 2.45) is 5.41 Å². The van der Waals surface area contributed by atoms with E-state index < -0.39 is 30.0 Å². The van der Waals surface area contributed by atoms with Crippen LogP contribution >= 0.6 is 0 Å². The zero-order chi connectivity index (χ0) is 12.4. The van der Waals surface area contributed by atoms with Gasteiger partial charge in [-0.25, -0.2) is 0 Å². The highest BCUT2D eigenvalue weighted by molar-refractivity contribution is 5.86. The molecule has 1 fully saturated rings. The Labute approximate surface area is 91.6 Å². The highest BCUT2D eigenvalue weighted by Gasteiger charge is 2.45. The number of halogens is 3. The quantitative estimate of drug-likeness (QED) is 0.813. The lowest BCUT2D eigenvalue weighted by Gasteiger charge is -2.34. The second-order valence-electron chi connectivity index (χ2n) is 4.24. The predicted octanol–water partition coefficient (Wildman–Crippen LogP) is 2.14. The van der Waals surface area contributed by atoms with E-state index in [2.05, 4.69) is 5.32 Å². The SMILES string of the molecule is CC(CC(F)(F)F)NC(=O)C1(C#N)CCC1. The maximum atomic E-state index is 12.0. The van der Waals surface area contributed by atoms with Gasteiger partial charge in [0.15, 0.2) is 0 Å². The minimum atomic E-state index is -4.30. The second-order valence-corrected chi connectivity index (χ2v) is 4.24. The van der Waals surface area contributed by atoms with E-state index in [1.165, 1.54) is 6.92 Å². The molecule has 0 spiro atoms. The van der Waals surface area contributed by atoms with E-state index >= 15 is 0 Å². The first-order valence-corrected chi connectivity index (χ1v) is 5.08. The molecule has 1 aliphatic carbocycles. The zero-order valence-electron chi connectivity index (χ0n) is 8.90. The molecule has 90 valence electrons. The molecule has 16 heavy (non-hydrogen) atoms. The number of carbonyl (C=O) groups is 1. The number of carbonyl (C=O) groups excluding carboxylic acids is 1. The molecule has 0 aromatic carbocycles. The molecule has 1 saturated carbocycles.